The number of hydrogen-bond acceptors (Lipinski definition) is 4. The summed E-state index contributed by atoms with van der Waals surface area (Å²) in [5, 5.41) is 3.08. The lowest BCUT2D eigenvalue weighted by Gasteiger charge is -2.27. The Labute approximate surface area is 179 Å². The molecule has 1 N–H and O–H groups in total. The van der Waals surface area contributed by atoms with Crippen LogP contribution < -0.4 is 5.32 Å². The molecule has 2 atom stereocenters. The van der Waals surface area contributed by atoms with Crippen molar-refractivity contribution in [2.24, 2.45) is 11.8 Å². The average Bonchev–Trinajstić information content (AvgIpc) is 3.30. The number of rotatable bonds is 6. The van der Waals surface area contributed by atoms with Gasteiger partial charge in [0.25, 0.3) is 0 Å². The zero-order chi connectivity index (χ0) is 22.3. The molecular weight excluding hydrogens is 364 g/mol. The van der Waals surface area contributed by atoms with Crippen LogP contribution in [-0.2, 0) is 9.59 Å². The number of carbonyl (C=O) groups excluding carboxylic acids is 2. The highest BCUT2D eigenvalue weighted by atomic mass is 16.2. The number of nitrogens with zero attached hydrogens (tertiary/aromatic N) is 3. The van der Waals surface area contributed by atoms with Crippen LogP contribution in [0.2, 0.25) is 0 Å². The molecule has 2 unspecified atom stereocenters. The van der Waals surface area contributed by atoms with Crippen LogP contribution in [0.1, 0.15) is 68.2 Å². The quantitative estimate of drug-likeness (QED) is 0.732. The predicted molar refractivity (Wildman–Crippen MR) is 121 cm³/mol. The topological polar surface area (TPSA) is 55.9 Å². The largest absolute Gasteiger partial charge is 0.352 e. The summed E-state index contributed by atoms with van der Waals surface area (Å²) in [7, 11) is 1.94. The molecule has 6 heteroatoms. The highest BCUT2D eigenvalue weighted by molar-refractivity contribution is 5.78. The molecular formula is C23H46N4O2. The molecule has 0 bridgehead atoms. The van der Waals surface area contributed by atoms with Crippen molar-refractivity contribution in [1.29, 1.82) is 0 Å². The van der Waals surface area contributed by atoms with E-state index in [4.69, 9.17) is 0 Å². The van der Waals surface area contributed by atoms with E-state index in [0.717, 1.165) is 39.0 Å². The number of likely N-dealkylation sites (tertiary alicyclic amines) is 2. The summed E-state index contributed by atoms with van der Waals surface area (Å²) in [5.74, 6) is 0.664. The minimum absolute atomic E-state index is 0.100. The van der Waals surface area contributed by atoms with Gasteiger partial charge in [0.1, 0.15) is 0 Å². The maximum atomic E-state index is 11.8. The lowest BCUT2D eigenvalue weighted by Crippen LogP contribution is -2.41. The van der Waals surface area contributed by atoms with Crippen molar-refractivity contribution < 1.29 is 9.59 Å². The van der Waals surface area contributed by atoms with Gasteiger partial charge in [0.15, 0.2) is 0 Å². The van der Waals surface area contributed by atoms with Crippen molar-refractivity contribution in [2.75, 3.05) is 33.2 Å². The van der Waals surface area contributed by atoms with Gasteiger partial charge in [-0.25, -0.2) is 0 Å². The van der Waals surface area contributed by atoms with Crippen molar-refractivity contribution >= 4 is 11.8 Å². The highest BCUT2D eigenvalue weighted by Gasteiger charge is 2.30. The lowest BCUT2D eigenvalue weighted by molar-refractivity contribution is -0.135. The predicted octanol–water partition coefficient (Wildman–Crippen LogP) is 2.82. The molecule has 2 fully saturated rings. The number of carbonyl (C=O) groups is 2. The van der Waals surface area contributed by atoms with Crippen LogP contribution in [0.3, 0.4) is 0 Å². The molecule has 0 radical (unpaired) electrons. The molecule has 2 aliphatic heterocycles. The molecule has 0 aliphatic carbocycles. The first-order valence-corrected chi connectivity index (χ1v) is 11.5. The van der Waals surface area contributed by atoms with E-state index in [-0.39, 0.29) is 23.7 Å². The fourth-order valence-electron chi connectivity index (χ4n) is 3.88. The van der Waals surface area contributed by atoms with Gasteiger partial charge in [-0.2, -0.15) is 0 Å². The van der Waals surface area contributed by atoms with Gasteiger partial charge >= 0.3 is 0 Å². The number of nitrogens with one attached hydrogen (secondary N) is 1. The number of amides is 2. The number of likely N-dealkylation sites (N-methyl/N-ethyl adjacent to an activating group) is 1. The Morgan fingerprint density at radius 2 is 1.34 bits per heavy atom. The molecule has 2 heterocycles. The second-order valence-corrected chi connectivity index (χ2v) is 9.87. The molecule has 0 aromatic rings. The van der Waals surface area contributed by atoms with E-state index in [9.17, 15) is 9.59 Å². The van der Waals surface area contributed by atoms with E-state index in [2.05, 4.69) is 42.8 Å². The van der Waals surface area contributed by atoms with Crippen LogP contribution in [0, 0.1) is 11.8 Å². The Kier molecular flexibility index (Phi) is 10.6. The summed E-state index contributed by atoms with van der Waals surface area (Å²) in [6, 6.07) is 1.98. The Bertz CT molecular complexity index is 519. The zero-order valence-electron chi connectivity index (χ0n) is 20.4. The zero-order valence-corrected chi connectivity index (χ0v) is 20.4. The Morgan fingerprint density at radius 1 is 0.828 bits per heavy atom. The van der Waals surface area contributed by atoms with Gasteiger partial charge in [-0.1, -0.05) is 27.7 Å². The molecule has 0 spiro atoms. The molecule has 170 valence electrons. The maximum absolute atomic E-state index is 11.8. The van der Waals surface area contributed by atoms with Crippen molar-refractivity contribution in [2.45, 2.75) is 92.4 Å². The Balaban J connectivity index is 0.000000291. The smallest absolute Gasteiger partial charge is 0.225 e. The first-order chi connectivity index (χ1) is 13.4. The van der Waals surface area contributed by atoms with Crippen LogP contribution in [0.4, 0.5) is 0 Å². The summed E-state index contributed by atoms with van der Waals surface area (Å²) in [6.07, 6.45) is 2.21. The van der Waals surface area contributed by atoms with E-state index in [1.165, 1.54) is 0 Å². The fourth-order valence-corrected chi connectivity index (χ4v) is 3.88. The lowest BCUT2D eigenvalue weighted by atomic mass is 10.1. The molecule has 2 aliphatic rings. The van der Waals surface area contributed by atoms with E-state index in [1.807, 2.05) is 39.6 Å². The van der Waals surface area contributed by atoms with E-state index >= 15 is 0 Å². The molecule has 2 rings (SSSR count). The normalized spacial score (nSPS) is 23.1. The first kappa shape index (κ1) is 25.9. The molecule has 29 heavy (non-hydrogen) atoms. The van der Waals surface area contributed by atoms with Gasteiger partial charge in [0, 0.05) is 69.2 Å². The van der Waals surface area contributed by atoms with Crippen LogP contribution in [-0.4, -0.2) is 83.9 Å². The summed E-state index contributed by atoms with van der Waals surface area (Å²) in [5.41, 5.74) is 0. The van der Waals surface area contributed by atoms with Crippen LogP contribution in [0.25, 0.3) is 0 Å². The van der Waals surface area contributed by atoms with Gasteiger partial charge in [-0.05, 0) is 40.5 Å². The monoisotopic (exact) mass is 410 g/mol. The second-order valence-electron chi connectivity index (χ2n) is 9.87. The third kappa shape index (κ3) is 8.25. The minimum Gasteiger partial charge on any atom is -0.352 e. The fraction of sp³-hybridized carbons (Fsp3) is 0.913. The van der Waals surface area contributed by atoms with Crippen LogP contribution in [0.5, 0.6) is 0 Å². The summed E-state index contributed by atoms with van der Waals surface area (Å²) in [4.78, 5) is 30.0. The van der Waals surface area contributed by atoms with Gasteiger partial charge in [-0.15, -0.1) is 0 Å². The Morgan fingerprint density at radius 3 is 1.76 bits per heavy atom. The molecule has 2 amide bonds. The van der Waals surface area contributed by atoms with Crippen molar-refractivity contribution in [3.63, 3.8) is 0 Å². The van der Waals surface area contributed by atoms with Crippen LogP contribution in [0.15, 0.2) is 0 Å². The second kappa shape index (κ2) is 11.9. The van der Waals surface area contributed by atoms with Crippen LogP contribution >= 0.6 is 0 Å². The first-order valence-electron chi connectivity index (χ1n) is 11.5. The molecule has 0 saturated carbocycles. The SMILES string of the molecule is CC(C)C(=O)N(C)C1CCN(C(C)C)C1.CC(C)C(=O)NC1CCN(C(C)C)C1. The van der Waals surface area contributed by atoms with Gasteiger partial charge in [0.05, 0.1) is 0 Å². The third-order valence-corrected chi connectivity index (χ3v) is 6.14. The summed E-state index contributed by atoms with van der Waals surface area (Å²) < 4.78 is 0. The van der Waals surface area contributed by atoms with Crippen molar-refractivity contribution in [1.82, 2.24) is 20.0 Å². The third-order valence-electron chi connectivity index (χ3n) is 6.14. The van der Waals surface area contributed by atoms with Crippen molar-refractivity contribution in [3.05, 3.63) is 0 Å². The standard InChI is InChI=1S/C12H24N2O.C11H22N2O/c1-9(2)12(15)13(5)11-6-7-14(8-11)10(3)4;1-8(2)11(14)12-10-5-6-13(7-10)9(3)4/h9-11H,6-8H2,1-5H3;8-10H,5-7H2,1-4H3,(H,12,14). The average molecular weight is 411 g/mol. The summed E-state index contributed by atoms with van der Waals surface area (Å²) >= 11 is 0. The maximum Gasteiger partial charge on any atom is 0.225 e. The van der Waals surface area contributed by atoms with E-state index < -0.39 is 0 Å². The van der Waals surface area contributed by atoms with Gasteiger partial charge in [0.2, 0.25) is 11.8 Å². The summed E-state index contributed by atoms with van der Waals surface area (Å²) in [6.45, 7) is 20.9. The minimum atomic E-state index is 0.100. The molecule has 2 saturated heterocycles. The van der Waals surface area contributed by atoms with Crippen molar-refractivity contribution in [3.8, 4) is 0 Å². The number of hydrogen-bond donors (Lipinski definition) is 1. The van der Waals surface area contributed by atoms with E-state index in [0.29, 0.717) is 24.2 Å². The van der Waals surface area contributed by atoms with Gasteiger partial charge < -0.3 is 10.2 Å². The van der Waals surface area contributed by atoms with E-state index in [1.54, 1.807) is 0 Å². The van der Waals surface area contributed by atoms with Gasteiger partial charge in [-0.3, -0.25) is 19.4 Å². The molecule has 0 aromatic heterocycles. The Hall–Kier alpha value is -1.14. The molecule has 0 aromatic carbocycles. The highest BCUT2D eigenvalue weighted by Crippen LogP contribution is 2.18. The molecule has 6 nitrogen and oxygen atoms in total.